The van der Waals surface area contributed by atoms with Gasteiger partial charge >= 0.3 is 0 Å². The van der Waals surface area contributed by atoms with Crippen LogP contribution in [0.5, 0.6) is 0 Å². The lowest BCUT2D eigenvalue weighted by Crippen LogP contribution is -2.56. The molecule has 0 spiro atoms. The highest BCUT2D eigenvalue weighted by Gasteiger charge is 2.48. The summed E-state index contributed by atoms with van der Waals surface area (Å²) >= 11 is 0. The predicted molar refractivity (Wildman–Crippen MR) is 117 cm³/mol. The number of unbranched alkanes of at least 4 members (excludes halogenated alkanes) is 3. The second-order valence-corrected chi connectivity index (χ2v) is 9.56. The van der Waals surface area contributed by atoms with Gasteiger partial charge in [-0.2, -0.15) is 0 Å². The lowest BCUT2D eigenvalue weighted by Gasteiger charge is -2.47. The Morgan fingerprint density at radius 3 is 2.46 bits per heavy atom. The summed E-state index contributed by atoms with van der Waals surface area (Å²) in [5.74, 6) is 0. The van der Waals surface area contributed by atoms with Crippen molar-refractivity contribution in [1.29, 1.82) is 0 Å². The van der Waals surface area contributed by atoms with Crippen LogP contribution in [-0.2, 0) is 23.7 Å². The molecule has 28 heavy (non-hydrogen) atoms. The highest BCUT2D eigenvalue weighted by atomic mass is 16.5. The Hall–Kier alpha value is -1.84. The average Bonchev–Trinajstić information content (AvgIpc) is 2.97. The number of hydrogen-bond donors (Lipinski definition) is 0. The number of rotatable bonds is 5. The van der Waals surface area contributed by atoms with Crippen LogP contribution in [0.15, 0.2) is 36.4 Å². The first-order chi connectivity index (χ1) is 13.3. The van der Waals surface area contributed by atoms with E-state index >= 15 is 0 Å². The number of fused-ring (bicyclic) bond motifs is 5. The van der Waals surface area contributed by atoms with Crippen molar-refractivity contribution >= 4 is 21.7 Å². The van der Waals surface area contributed by atoms with Gasteiger partial charge in [0, 0.05) is 35.1 Å². The zero-order valence-electron chi connectivity index (χ0n) is 18.0. The highest BCUT2D eigenvalue weighted by Crippen LogP contribution is 2.48. The molecule has 0 amide bonds. The van der Waals surface area contributed by atoms with Gasteiger partial charge in [0.05, 0.1) is 11.1 Å². The smallest absolute Gasteiger partial charge is 0.0715 e. The van der Waals surface area contributed by atoms with E-state index in [1.54, 1.807) is 0 Å². The summed E-state index contributed by atoms with van der Waals surface area (Å²) in [4.78, 5) is 0. The molecule has 1 radical (unpaired) electrons. The Kier molecular flexibility index (Phi) is 4.79. The zero-order chi connectivity index (χ0) is 20.1. The van der Waals surface area contributed by atoms with Crippen molar-refractivity contribution in [3.05, 3.63) is 47.7 Å². The average molecular weight is 378 g/mol. The van der Waals surface area contributed by atoms with Crippen LogP contribution in [0, 0.1) is 0 Å². The summed E-state index contributed by atoms with van der Waals surface area (Å²) in [5, 5.41) is 18.5. The van der Waals surface area contributed by atoms with Crippen LogP contribution >= 0.6 is 0 Å². The number of nitrogens with zero attached hydrogens (tertiary/aromatic N) is 2. The Morgan fingerprint density at radius 2 is 1.71 bits per heavy atom. The van der Waals surface area contributed by atoms with Crippen molar-refractivity contribution in [2.24, 2.45) is 0 Å². The first-order valence-corrected chi connectivity index (χ1v) is 10.8. The first kappa shape index (κ1) is 19.5. The van der Waals surface area contributed by atoms with Gasteiger partial charge in [-0.05, 0) is 51.0 Å². The van der Waals surface area contributed by atoms with Gasteiger partial charge in [-0.15, -0.1) is 10.3 Å². The van der Waals surface area contributed by atoms with Crippen LogP contribution < -0.4 is 0 Å². The van der Waals surface area contributed by atoms with Crippen molar-refractivity contribution in [3.63, 3.8) is 0 Å². The van der Waals surface area contributed by atoms with Crippen LogP contribution in [0.4, 0.5) is 0 Å². The van der Waals surface area contributed by atoms with E-state index in [4.69, 9.17) is 0 Å². The molecule has 0 N–H and O–H groups in total. The fraction of sp³-hybridized carbons (Fsp3) is 0.520. The van der Waals surface area contributed by atoms with Crippen molar-refractivity contribution in [3.8, 4) is 0 Å². The van der Waals surface area contributed by atoms with Gasteiger partial charge in [-0.3, -0.25) is 0 Å². The molecule has 3 heteroatoms. The van der Waals surface area contributed by atoms with Gasteiger partial charge in [-0.25, -0.2) is 0 Å². The van der Waals surface area contributed by atoms with Gasteiger partial charge in [0.25, 0.3) is 0 Å². The van der Waals surface area contributed by atoms with E-state index in [0.717, 1.165) is 13.0 Å². The third-order valence-electron chi connectivity index (χ3n) is 6.57. The Bertz CT molecular complexity index is 1010. The molecule has 4 rings (SSSR count). The van der Waals surface area contributed by atoms with Gasteiger partial charge < -0.3 is 4.57 Å². The molecular weight excluding hydrogens is 344 g/mol. The van der Waals surface area contributed by atoms with E-state index in [-0.39, 0.29) is 0 Å². The number of hydrogen-bond acceptors (Lipinski definition) is 1. The van der Waals surface area contributed by atoms with Crippen LogP contribution in [-0.4, -0.2) is 15.2 Å². The summed E-state index contributed by atoms with van der Waals surface area (Å²) in [7, 11) is 0. The van der Waals surface area contributed by atoms with Gasteiger partial charge in [0.1, 0.15) is 0 Å². The molecular formula is C25H33N2O. The maximum atomic E-state index is 13.3. The highest BCUT2D eigenvalue weighted by molar-refractivity contribution is 6.09. The van der Waals surface area contributed by atoms with Crippen LogP contribution in [0.2, 0.25) is 0 Å². The molecule has 0 saturated heterocycles. The molecule has 0 atom stereocenters. The normalized spacial score (nSPS) is 18.6. The van der Waals surface area contributed by atoms with E-state index in [2.05, 4.69) is 75.6 Å². The van der Waals surface area contributed by atoms with Crippen molar-refractivity contribution in [1.82, 2.24) is 9.63 Å². The standard InChI is InChI=1S/C25H33N2O/c1-6-7-8-11-16-26-20-15-14-18-12-9-10-13-19(18)22(20)23-21(26)17-24(2,3)27(28)25(23,4)5/h9-10,12-15H,6-8,11,16-17H2,1-5H3. The second-order valence-electron chi connectivity index (χ2n) is 9.56. The molecule has 149 valence electrons. The van der Waals surface area contributed by atoms with Gasteiger partial charge in [0.15, 0.2) is 0 Å². The summed E-state index contributed by atoms with van der Waals surface area (Å²) in [5.41, 5.74) is 2.95. The van der Waals surface area contributed by atoms with Crippen molar-refractivity contribution < 1.29 is 5.21 Å². The lowest BCUT2D eigenvalue weighted by molar-refractivity contribution is -0.280. The van der Waals surface area contributed by atoms with Gasteiger partial charge in [-0.1, -0.05) is 56.5 Å². The third kappa shape index (κ3) is 2.87. The molecule has 2 aromatic carbocycles. The number of aromatic nitrogens is 1. The summed E-state index contributed by atoms with van der Waals surface area (Å²) in [6.45, 7) is 11.7. The van der Waals surface area contributed by atoms with Crippen LogP contribution in [0.1, 0.15) is 71.6 Å². The maximum Gasteiger partial charge on any atom is 0.0715 e. The fourth-order valence-electron chi connectivity index (χ4n) is 5.31. The molecule has 3 nitrogen and oxygen atoms in total. The SMILES string of the molecule is CCCCCCn1c2c(c3c4ccccc4ccc31)C(C)(C)N([O])C(C)(C)C2. The van der Waals surface area contributed by atoms with Gasteiger partial charge in [0.2, 0.25) is 0 Å². The van der Waals surface area contributed by atoms with E-state index < -0.39 is 11.1 Å². The Labute approximate surface area is 168 Å². The minimum absolute atomic E-state index is 0.401. The lowest BCUT2D eigenvalue weighted by atomic mass is 9.78. The predicted octanol–water partition coefficient (Wildman–Crippen LogP) is 6.59. The molecule has 2 heterocycles. The summed E-state index contributed by atoms with van der Waals surface area (Å²) in [6.07, 6.45) is 5.79. The largest absolute Gasteiger partial charge is 0.344 e. The van der Waals surface area contributed by atoms with E-state index in [0.29, 0.717) is 0 Å². The number of benzene rings is 2. The quantitative estimate of drug-likeness (QED) is 0.461. The summed E-state index contributed by atoms with van der Waals surface area (Å²) in [6, 6.07) is 13.1. The molecule has 1 aliphatic heterocycles. The van der Waals surface area contributed by atoms with E-state index in [9.17, 15) is 5.21 Å². The first-order valence-electron chi connectivity index (χ1n) is 10.8. The minimum Gasteiger partial charge on any atom is -0.344 e. The number of hydroxylamine groups is 2. The molecule has 1 aromatic heterocycles. The van der Waals surface area contributed by atoms with Crippen LogP contribution in [0.3, 0.4) is 0 Å². The fourth-order valence-corrected chi connectivity index (χ4v) is 5.31. The third-order valence-corrected chi connectivity index (χ3v) is 6.57. The summed E-state index contributed by atoms with van der Waals surface area (Å²) < 4.78 is 2.53. The second kappa shape index (κ2) is 6.89. The van der Waals surface area contributed by atoms with Crippen molar-refractivity contribution in [2.75, 3.05) is 0 Å². The minimum atomic E-state index is -0.547. The Morgan fingerprint density at radius 1 is 0.964 bits per heavy atom. The number of aryl methyl sites for hydroxylation is 1. The van der Waals surface area contributed by atoms with E-state index in [1.807, 2.05) is 0 Å². The van der Waals surface area contributed by atoms with Crippen molar-refractivity contribution in [2.45, 2.75) is 84.3 Å². The molecule has 0 unspecified atom stereocenters. The molecule has 0 aliphatic carbocycles. The van der Waals surface area contributed by atoms with E-state index in [1.165, 1.54) is 63.7 Å². The molecule has 3 aromatic rings. The Balaban J connectivity index is 2.00. The molecule has 1 aliphatic rings. The molecule has 0 bridgehead atoms. The topological polar surface area (TPSA) is 28.1 Å². The monoisotopic (exact) mass is 377 g/mol. The van der Waals surface area contributed by atoms with Crippen LogP contribution in [0.25, 0.3) is 21.7 Å². The molecule has 0 fully saturated rings. The molecule has 0 saturated carbocycles. The zero-order valence-corrected chi connectivity index (χ0v) is 18.0. The maximum absolute atomic E-state index is 13.3.